The molecule has 0 aliphatic carbocycles. The van der Waals surface area contributed by atoms with Gasteiger partial charge in [-0.05, 0) is 6.92 Å². The van der Waals surface area contributed by atoms with Crippen LogP contribution in [-0.4, -0.2) is 28.6 Å². The molecule has 0 aromatic heterocycles. The molecule has 0 amide bonds. The standard InChI is InChI=1S/C7H13NO2S/c1-5(2)3-11-4-6(8)7(9)10/h6H,1,3-4,8H2,2H3,(H,9,10). The maximum absolute atomic E-state index is 10.2. The SMILES string of the molecule is C=C(C)CSCC(N)C(=O)O. The van der Waals surface area contributed by atoms with E-state index in [0.29, 0.717) is 5.75 Å². The lowest BCUT2D eigenvalue weighted by molar-refractivity contribution is -0.137. The Bertz CT molecular complexity index is 159. The van der Waals surface area contributed by atoms with Crippen molar-refractivity contribution >= 4 is 17.7 Å². The van der Waals surface area contributed by atoms with Crippen molar-refractivity contribution in [3.63, 3.8) is 0 Å². The first-order valence-electron chi connectivity index (χ1n) is 3.24. The van der Waals surface area contributed by atoms with Gasteiger partial charge in [0.25, 0.3) is 0 Å². The van der Waals surface area contributed by atoms with Crippen molar-refractivity contribution in [1.29, 1.82) is 0 Å². The van der Waals surface area contributed by atoms with Crippen LogP contribution in [0.4, 0.5) is 0 Å². The summed E-state index contributed by atoms with van der Waals surface area (Å²) in [4.78, 5) is 10.2. The van der Waals surface area contributed by atoms with E-state index in [9.17, 15) is 4.79 Å². The van der Waals surface area contributed by atoms with Crippen molar-refractivity contribution in [1.82, 2.24) is 0 Å². The van der Waals surface area contributed by atoms with Gasteiger partial charge >= 0.3 is 5.97 Å². The minimum absolute atomic E-state index is 0.447. The molecule has 4 heteroatoms. The molecule has 0 heterocycles. The van der Waals surface area contributed by atoms with Crippen LogP contribution >= 0.6 is 11.8 Å². The van der Waals surface area contributed by atoms with Crippen LogP contribution < -0.4 is 5.73 Å². The molecule has 0 saturated carbocycles. The zero-order valence-electron chi connectivity index (χ0n) is 6.54. The minimum atomic E-state index is -0.945. The number of carboxylic acids is 1. The molecule has 0 fully saturated rings. The number of hydrogen-bond donors (Lipinski definition) is 2. The van der Waals surface area contributed by atoms with Crippen LogP contribution in [0.15, 0.2) is 12.2 Å². The van der Waals surface area contributed by atoms with Crippen LogP contribution in [-0.2, 0) is 4.79 Å². The Morgan fingerprint density at radius 3 is 2.73 bits per heavy atom. The number of hydrogen-bond acceptors (Lipinski definition) is 3. The van der Waals surface area contributed by atoms with Gasteiger partial charge < -0.3 is 10.8 Å². The molecule has 0 aliphatic rings. The summed E-state index contributed by atoms with van der Waals surface area (Å²) < 4.78 is 0. The zero-order valence-corrected chi connectivity index (χ0v) is 7.36. The van der Waals surface area contributed by atoms with Crippen LogP contribution in [0.1, 0.15) is 6.92 Å². The van der Waals surface area contributed by atoms with E-state index < -0.39 is 12.0 Å². The summed E-state index contributed by atoms with van der Waals surface area (Å²) in [6, 6.07) is -0.751. The van der Waals surface area contributed by atoms with Crippen molar-refractivity contribution in [2.45, 2.75) is 13.0 Å². The summed E-state index contributed by atoms with van der Waals surface area (Å²) in [5, 5.41) is 8.39. The normalized spacial score (nSPS) is 12.5. The second-order valence-electron chi connectivity index (χ2n) is 2.42. The van der Waals surface area contributed by atoms with E-state index in [1.807, 2.05) is 6.92 Å². The lowest BCUT2D eigenvalue weighted by Gasteiger charge is -2.04. The molecule has 0 aromatic rings. The topological polar surface area (TPSA) is 63.3 Å². The van der Waals surface area contributed by atoms with Crippen molar-refractivity contribution in [2.24, 2.45) is 5.73 Å². The summed E-state index contributed by atoms with van der Waals surface area (Å²) in [7, 11) is 0. The highest BCUT2D eigenvalue weighted by atomic mass is 32.2. The minimum Gasteiger partial charge on any atom is -0.480 e. The number of rotatable bonds is 5. The maximum atomic E-state index is 10.2. The van der Waals surface area contributed by atoms with E-state index in [4.69, 9.17) is 10.8 Å². The highest BCUT2D eigenvalue weighted by molar-refractivity contribution is 7.99. The van der Waals surface area contributed by atoms with Crippen LogP contribution in [0.2, 0.25) is 0 Å². The van der Waals surface area contributed by atoms with Gasteiger partial charge in [0.1, 0.15) is 6.04 Å². The third-order valence-electron chi connectivity index (χ3n) is 0.963. The monoisotopic (exact) mass is 175 g/mol. The molecule has 64 valence electrons. The van der Waals surface area contributed by atoms with Crippen molar-refractivity contribution in [3.05, 3.63) is 12.2 Å². The van der Waals surface area contributed by atoms with Gasteiger partial charge in [0.15, 0.2) is 0 Å². The summed E-state index contributed by atoms with van der Waals surface area (Å²) in [5.41, 5.74) is 6.29. The summed E-state index contributed by atoms with van der Waals surface area (Å²) in [5.74, 6) is 0.280. The Labute approximate surface area is 70.7 Å². The molecule has 0 rings (SSSR count). The average molecular weight is 175 g/mol. The van der Waals surface area contributed by atoms with Crippen LogP contribution in [0.25, 0.3) is 0 Å². The van der Waals surface area contributed by atoms with Crippen LogP contribution in [0, 0.1) is 0 Å². The number of carboxylic acid groups (broad SMARTS) is 1. The fraction of sp³-hybridized carbons (Fsp3) is 0.571. The smallest absolute Gasteiger partial charge is 0.321 e. The Balaban J connectivity index is 3.39. The molecule has 11 heavy (non-hydrogen) atoms. The lowest BCUT2D eigenvalue weighted by atomic mass is 10.4. The third-order valence-corrected chi connectivity index (χ3v) is 2.25. The predicted molar refractivity (Wildman–Crippen MR) is 47.8 cm³/mol. The van der Waals surface area contributed by atoms with Crippen molar-refractivity contribution in [2.75, 3.05) is 11.5 Å². The molecular weight excluding hydrogens is 162 g/mol. The van der Waals surface area contributed by atoms with E-state index in [0.717, 1.165) is 11.3 Å². The van der Waals surface area contributed by atoms with Gasteiger partial charge in [0.05, 0.1) is 0 Å². The van der Waals surface area contributed by atoms with Gasteiger partial charge in [-0.3, -0.25) is 4.79 Å². The first-order valence-corrected chi connectivity index (χ1v) is 4.40. The number of nitrogens with two attached hydrogens (primary N) is 1. The Hall–Kier alpha value is -0.480. The second-order valence-corrected chi connectivity index (χ2v) is 3.45. The molecule has 0 aliphatic heterocycles. The van der Waals surface area contributed by atoms with Gasteiger partial charge in [-0.25, -0.2) is 0 Å². The molecule has 0 saturated heterocycles. The lowest BCUT2D eigenvalue weighted by Crippen LogP contribution is -2.32. The number of aliphatic carboxylic acids is 1. The van der Waals surface area contributed by atoms with Gasteiger partial charge in [0, 0.05) is 11.5 Å². The van der Waals surface area contributed by atoms with Crippen molar-refractivity contribution in [3.8, 4) is 0 Å². The van der Waals surface area contributed by atoms with Crippen LogP contribution in [0.5, 0.6) is 0 Å². The highest BCUT2D eigenvalue weighted by Crippen LogP contribution is 2.06. The number of carbonyl (C=O) groups is 1. The molecule has 0 radical (unpaired) electrons. The summed E-state index contributed by atoms with van der Waals surface area (Å²) >= 11 is 1.49. The van der Waals surface area contributed by atoms with E-state index in [1.165, 1.54) is 11.8 Å². The van der Waals surface area contributed by atoms with Gasteiger partial charge in [-0.1, -0.05) is 12.2 Å². The molecular formula is C7H13NO2S. The molecule has 1 unspecified atom stereocenters. The van der Waals surface area contributed by atoms with Gasteiger partial charge in [-0.15, -0.1) is 0 Å². The molecule has 0 bridgehead atoms. The second kappa shape index (κ2) is 5.21. The maximum Gasteiger partial charge on any atom is 0.321 e. The van der Waals surface area contributed by atoms with E-state index in [1.54, 1.807) is 0 Å². The van der Waals surface area contributed by atoms with E-state index >= 15 is 0 Å². The van der Waals surface area contributed by atoms with Gasteiger partial charge in [0.2, 0.25) is 0 Å². The van der Waals surface area contributed by atoms with E-state index in [-0.39, 0.29) is 0 Å². The van der Waals surface area contributed by atoms with E-state index in [2.05, 4.69) is 6.58 Å². The Morgan fingerprint density at radius 1 is 1.82 bits per heavy atom. The molecule has 3 N–H and O–H groups in total. The van der Waals surface area contributed by atoms with Crippen molar-refractivity contribution < 1.29 is 9.90 Å². The summed E-state index contributed by atoms with van der Waals surface area (Å²) in [6.07, 6.45) is 0. The Morgan fingerprint density at radius 2 is 2.36 bits per heavy atom. The van der Waals surface area contributed by atoms with Gasteiger partial charge in [-0.2, -0.15) is 11.8 Å². The van der Waals surface area contributed by atoms with Crippen LogP contribution in [0.3, 0.4) is 0 Å². The number of thioether (sulfide) groups is 1. The highest BCUT2D eigenvalue weighted by Gasteiger charge is 2.10. The first kappa shape index (κ1) is 10.5. The first-order chi connectivity index (χ1) is 5.04. The average Bonchev–Trinajstić information content (AvgIpc) is 1.86. The molecule has 3 nitrogen and oxygen atoms in total. The molecule has 0 aromatic carbocycles. The fourth-order valence-corrected chi connectivity index (χ4v) is 1.29. The predicted octanol–water partition coefficient (Wildman–Crippen LogP) is 0.708. The quantitative estimate of drug-likeness (QED) is 0.604. The zero-order chi connectivity index (χ0) is 8.85. The largest absolute Gasteiger partial charge is 0.480 e. The Kier molecular flexibility index (Phi) is 4.98. The third kappa shape index (κ3) is 5.94. The molecule has 0 spiro atoms. The molecule has 1 atom stereocenters. The fourth-order valence-electron chi connectivity index (χ4n) is 0.431. The summed E-state index contributed by atoms with van der Waals surface area (Å²) in [6.45, 7) is 5.59.